The number of anilines is 1. The first kappa shape index (κ1) is 13.6. The van der Waals surface area contributed by atoms with Gasteiger partial charge >= 0.3 is 0 Å². The van der Waals surface area contributed by atoms with Gasteiger partial charge in [0.05, 0.1) is 0 Å². The summed E-state index contributed by atoms with van der Waals surface area (Å²) in [6, 6.07) is 10.5. The first-order valence-electron chi connectivity index (χ1n) is 8.99. The number of aryl methyl sites for hydroxylation is 1. The van der Waals surface area contributed by atoms with Gasteiger partial charge in [0, 0.05) is 24.3 Å². The summed E-state index contributed by atoms with van der Waals surface area (Å²) < 4.78 is 0. The van der Waals surface area contributed by atoms with E-state index < -0.39 is 0 Å². The van der Waals surface area contributed by atoms with Crippen LogP contribution in [-0.4, -0.2) is 30.1 Å². The van der Waals surface area contributed by atoms with Crippen LogP contribution < -0.4 is 5.32 Å². The SMILES string of the molecule is c1ccc2c(c1)CCC(N1CCCC3CCCCC31)CN2. The van der Waals surface area contributed by atoms with Gasteiger partial charge in [-0.1, -0.05) is 31.0 Å². The smallest absolute Gasteiger partial charge is 0.0373 e. The molecule has 1 saturated carbocycles. The molecule has 0 bridgehead atoms. The summed E-state index contributed by atoms with van der Waals surface area (Å²) in [7, 11) is 0. The zero-order valence-electron chi connectivity index (χ0n) is 13.1. The molecule has 2 heterocycles. The molecular weight excluding hydrogens is 256 g/mol. The fraction of sp³-hybridized carbons (Fsp3) is 0.684. The van der Waals surface area contributed by atoms with Gasteiger partial charge in [-0.3, -0.25) is 4.90 Å². The number of nitrogens with one attached hydrogen (secondary N) is 1. The maximum Gasteiger partial charge on any atom is 0.0373 e. The minimum atomic E-state index is 0.739. The fourth-order valence-corrected chi connectivity index (χ4v) is 4.96. The Morgan fingerprint density at radius 3 is 2.81 bits per heavy atom. The van der Waals surface area contributed by atoms with Crippen molar-refractivity contribution in [3.63, 3.8) is 0 Å². The van der Waals surface area contributed by atoms with E-state index in [1.807, 2.05) is 0 Å². The van der Waals surface area contributed by atoms with Crippen molar-refractivity contribution in [1.82, 2.24) is 4.90 Å². The van der Waals surface area contributed by atoms with Crippen LogP contribution in [0.4, 0.5) is 5.69 Å². The Balaban J connectivity index is 1.49. The molecule has 2 heteroatoms. The number of hydrogen-bond acceptors (Lipinski definition) is 2. The Morgan fingerprint density at radius 1 is 0.952 bits per heavy atom. The van der Waals surface area contributed by atoms with Gasteiger partial charge < -0.3 is 5.32 Å². The zero-order valence-corrected chi connectivity index (χ0v) is 13.1. The molecule has 1 aromatic carbocycles. The average molecular weight is 284 g/mol. The first-order chi connectivity index (χ1) is 10.4. The number of benzene rings is 1. The molecule has 3 unspecified atom stereocenters. The Hall–Kier alpha value is -1.02. The van der Waals surface area contributed by atoms with E-state index in [2.05, 4.69) is 34.5 Å². The Morgan fingerprint density at radius 2 is 1.81 bits per heavy atom. The zero-order chi connectivity index (χ0) is 14.1. The lowest BCUT2D eigenvalue weighted by Crippen LogP contribution is -2.53. The lowest BCUT2D eigenvalue weighted by atomic mass is 9.77. The van der Waals surface area contributed by atoms with E-state index in [0.29, 0.717) is 0 Å². The van der Waals surface area contributed by atoms with Gasteiger partial charge in [0.25, 0.3) is 0 Å². The largest absolute Gasteiger partial charge is 0.383 e. The molecule has 114 valence electrons. The van der Waals surface area contributed by atoms with Gasteiger partial charge in [0.1, 0.15) is 0 Å². The molecule has 1 saturated heterocycles. The Bertz CT molecular complexity index is 455. The van der Waals surface area contributed by atoms with E-state index in [1.165, 1.54) is 69.2 Å². The van der Waals surface area contributed by atoms with E-state index in [4.69, 9.17) is 0 Å². The number of nitrogens with zero attached hydrogens (tertiary/aromatic N) is 1. The van der Waals surface area contributed by atoms with Crippen LogP contribution in [0.1, 0.15) is 50.5 Å². The molecule has 1 aliphatic carbocycles. The highest BCUT2D eigenvalue weighted by molar-refractivity contribution is 5.52. The lowest BCUT2D eigenvalue weighted by molar-refractivity contribution is 0.0274. The van der Waals surface area contributed by atoms with E-state index in [-0.39, 0.29) is 0 Å². The maximum atomic E-state index is 3.73. The van der Waals surface area contributed by atoms with Gasteiger partial charge in [-0.25, -0.2) is 0 Å². The molecule has 0 spiro atoms. The van der Waals surface area contributed by atoms with Crippen molar-refractivity contribution in [2.45, 2.75) is 63.5 Å². The van der Waals surface area contributed by atoms with Crippen molar-refractivity contribution in [3.05, 3.63) is 29.8 Å². The second-order valence-corrected chi connectivity index (χ2v) is 7.22. The summed E-state index contributed by atoms with van der Waals surface area (Å²) in [5.41, 5.74) is 2.88. The molecule has 1 aromatic rings. The van der Waals surface area contributed by atoms with Gasteiger partial charge in [-0.05, 0) is 62.6 Å². The number of hydrogen-bond donors (Lipinski definition) is 1. The number of para-hydroxylation sites is 1. The number of piperidine rings is 1. The topological polar surface area (TPSA) is 15.3 Å². The third-order valence-corrected chi connectivity index (χ3v) is 6.05. The molecule has 1 N–H and O–H groups in total. The maximum absolute atomic E-state index is 3.73. The normalized spacial score (nSPS) is 33.4. The Labute approximate surface area is 128 Å². The van der Waals surface area contributed by atoms with E-state index >= 15 is 0 Å². The van der Waals surface area contributed by atoms with Crippen LogP contribution in [0.2, 0.25) is 0 Å². The molecule has 3 atom stereocenters. The van der Waals surface area contributed by atoms with Crippen LogP contribution in [0.25, 0.3) is 0 Å². The third kappa shape index (κ3) is 2.70. The molecule has 2 aliphatic heterocycles. The summed E-state index contributed by atoms with van der Waals surface area (Å²) in [6.45, 7) is 2.48. The van der Waals surface area contributed by atoms with Crippen LogP contribution in [0, 0.1) is 5.92 Å². The van der Waals surface area contributed by atoms with Gasteiger partial charge in [0.15, 0.2) is 0 Å². The van der Waals surface area contributed by atoms with Crippen molar-refractivity contribution in [2.75, 3.05) is 18.4 Å². The minimum Gasteiger partial charge on any atom is -0.383 e. The second-order valence-electron chi connectivity index (χ2n) is 7.22. The number of likely N-dealkylation sites (tertiary alicyclic amines) is 1. The van der Waals surface area contributed by atoms with Crippen LogP contribution in [0.15, 0.2) is 24.3 Å². The van der Waals surface area contributed by atoms with Crippen molar-refractivity contribution >= 4 is 5.69 Å². The highest BCUT2D eigenvalue weighted by atomic mass is 15.2. The van der Waals surface area contributed by atoms with E-state index in [9.17, 15) is 0 Å². The van der Waals surface area contributed by atoms with Crippen LogP contribution in [0.5, 0.6) is 0 Å². The molecule has 2 fully saturated rings. The van der Waals surface area contributed by atoms with Crippen molar-refractivity contribution in [1.29, 1.82) is 0 Å². The third-order valence-electron chi connectivity index (χ3n) is 6.05. The number of fused-ring (bicyclic) bond motifs is 2. The van der Waals surface area contributed by atoms with Crippen LogP contribution in [0.3, 0.4) is 0 Å². The molecule has 2 nitrogen and oxygen atoms in total. The van der Waals surface area contributed by atoms with Crippen molar-refractivity contribution in [3.8, 4) is 0 Å². The second kappa shape index (κ2) is 6.00. The van der Waals surface area contributed by atoms with E-state index in [1.54, 1.807) is 0 Å². The van der Waals surface area contributed by atoms with Crippen molar-refractivity contribution < 1.29 is 0 Å². The van der Waals surface area contributed by atoms with Gasteiger partial charge in [-0.2, -0.15) is 0 Å². The minimum absolute atomic E-state index is 0.739. The summed E-state index contributed by atoms with van der Waals surface area (Å²) in [4.78, 5) is 2.90. The predicted molar refractivity (Wildman–Crippen MR) is 88.7 cm³/mol. The quantitative estimate of drug-likeness (QED) is 0.836. The molecule has 4 rings (SSSR count). The monoisotopic (exact) mass is 284 g/mol. The summed E-state index contributed by atoms with van der Waals surface area (Å²) in [5.74, 6) is 0.998. The summed E-state index contributed by atoms with van der Waals surface area (Å²) in [5, 5.41) is 3.73. The summed E-state index contributed by atoms with van der Waals surface area (Å²) in [6.07, 6.45) is 11.3. The van der Waals surface area contributed by atoms with Gasteiger partial charge in [-0.15, -0.1) is 0 Å². The highest BCUT2D eigenvalue weighted by Crippen LogP contribution is 2.37. The van der Waals surface area contributed by atoms with Crippen LogP contribution in [-0.2, 0) is 6.42 Å². The van der Waals surface area contributed by atoms with Crippen molar-refractivity contribution in [2.24, 2.45) is 5.92 Å². The molecule has 3 aliphatic rings. The summed E-state index contributed by atoms with van der Waals surface area (Å²) >= 11 is 0. The average Bonchev–Trinajstić information content (AvgIpc) is 2.77. The Kier molecular flexibility index (Phi) is 3.89. The molecular formula is C19H28N2. The molecule has 0 amide bonds. The highest BCUT2D eigenvalue weighted by Gasteiger charge is 2.36. The van der Waals surface area contributed by atoms with Crippen LogP contribution >= 0.6 is 0 Å². The molecule has 0 radical (unpaired) electrons. The fourth-order valence-electron chi connectivity index (χ4n) is 4.96. The van der Waals surface area contributed by atoms with Gasteiger partial charge in [0.2, 0.25) is 0 Å². The predicted octanol–water partition coefficient (Wildman–Crippen LogP) is 4.07. The lowest BCUT2D eigenvalue weighted by Gasteiger charge is -2.47. The standard InChI is InChI=1S/C19H28N2/c1-3-9-18-15(6-1)11-12-17(14-20-18)21-13-5-8-16-7-2-4-10-19(16)21/h1,3,6,9,16-17,19-20H,2,4-5,7-8,10-14H2. The number of rotatable bonds is 1. The molecule has 21 heavy (non-hydrogen) atoms. The first-order valence-corrected chi connectivity index (χ1v) is 8.99. The molecule has 0 aromatic heterocycles. The van der Waals surface area contributed by atoms with E-state index in [0.717, 1.165) is 24.5 Å².